The van der Waals surface area contributed by atoms with Crippen LogP contribution in [-0.4, -0.2) is 29.1 Å². The summed E-state index contributed by atoms with van der Waals surface area (Å²) in [5, 5.41) is 3.39. The maximum absolute atomic E-state index is 4.77. The van der Waals surface area contributed by atoms with Crippen LogP contribution in [0.4, 0.5) is 5.69 Å². The standard InChI is InChI=1S/C15H26N4/c1-5-16-9-13-14(19-8-6-7-12(19)4)10-17-15(18-13)11(2)3/h10-12,16H,5-9H2,1-4H3. The van der Waals surface area contributed by atoms with E-state index in [4.69, 9.17) is 4.98 Å². The first-order chi connectivity index (χ1) is 9.13. The molecule has 0 spiro atoms. The summed E-state index contributed by atoms with van der Waals surface area (Å²) in [6, 6.07) is 0.605. The molecular weight excluding hydrogens is 236 g/mol. The Labute approximate surface area is 116 Å². The zero-order valence-electron chi connectivity index (χ0n) is 12.6. The highest BCUT2D eigenvalue weighted by molar-refractivity contribution is 5.51. The fourth-order valence-corrected chi connectivity index (χ4v) is 2.61. The summed E-state index contributed by atoms with van der Waals surface area (Å²) >= 11 is 0. The van der Waals surface area contributed by atoms with Gasteiger partial charge >= 0.3 is 0 Å². The average Bonchev–Trinajstić information content (AvgIpc) is 2.82. The largest absolute Gasteiger partial charge is 0.366 e. The van der Waals surface area contributed by atoms with Gasteiger partial charge in [-0.25, -0.2) is 9.97 Å². The highest BCUT2D eigenvalue weighted by Gasteiger charge is 2.24. The van der Waals surface area contributed by atoms with Crippen LogP contribution >= 0.6 is 0 Å². The lowest BCUT2D eigenvalue weighted by Crippen LogP contribution is -2.29. The second kappa shape index (κ2) is 6.33. The molecule has 19 heavy (non-hydrogen) atoms. The number of hydrogen-bond acceptors (Lipinski definition) is 4. The molecule has 1 fully saturated rings. The van der Waals surface area contributed by atoms with Crippen molar-refractivity contribution in [2.45, 2.75) is 59.0 Å². The molecular formula is C15H26N4. The molecule has 1 atom stereocenters. The van der Waals surface area contributed by atoms with E-state index >= 15 is 0 Å². The molecule has 106 valence electrons. The molecule has 1 aliphatic rings. The number of nitrogens with zero attached hydrogens (tertiary/aromatic N) is 3. The van der Waals surface area contributed by atoms with E-state index in [1.165, 1.54) is 18.5 Å². The van der Waals surface area contributed by atoms with Crippen molar-refractivity contribution in [3.8, 4) is 0 Å². The molecule has 1 aliphatic heterocycles. The summed E-state index contributed by atoms with van der Waals surface area (Å²) in [6.07, 6.45) is 4.57. The number of nitrogens with one attached hydrogen (secondary N) is 1. The fraction of sp³-hybridized carbons (Fsp3) is 0.733. The van der Waals surface area contributed by atoms with Gasteiger partial charge in [0.05, 0.1) is 17.6 Å². The van der Waals surface area contributed by atoms with Gasteiger partial charge in [-0.05, 0) is 26.3 Å². The first-order valence-electron chi connectivity index (χ1n) is 7.46. The Morgan fingerprint density at radius 2 is 2.26 bits per heavy atom. The van der Waals surface area contributed by atoms with Crippen molar-refractivity contribution in [2.75, 3.05) is 18.0 Å². The third-order valence-electron chi connectivity index (χ3n) is 3.79. The zero-order valence-corrected chi connectivity index (χ0v) is 12.6. The second-order valence-corrected chi connectivity index (χ2v) is 5.68. The first kappa shape index (κ1) is 14.3. The van der Waals surface area contributed by atoms with E-state index in [1.54, 1.807) is 0 Å². The van der Waals surface area contributed by atoms with Crippen molar-refractivity contribution in [3.05, 3.63) is 17.7 Å². The molecule has 0 radical (unpaired) electrons. The van der Waals surface area contributed by atoms with Crippen LogP contribution in [0.2, 0.25) is 0 Å². The van der Waals surface area contributed by atoms with Crippen LogP contribution in [0.1, 0.15) is 58.0 Å². The van der Waals surface area contributed by atoms with E-state index < -0.39 is 0 Å². The number of anilines is 1. The molecule has 1 N–H and O–H groups in total. The Morgan fingerprint density at radius 3 is 2.84 bits per heavy atom. The molecule has 0 bridgehead atoms. The Balaban J connectivity index is 2.29. The minimum atomic E-state index is 0.380. The van der Waals surface area contributed by atoms with Crippen LogP contribution in [0.5, 0.6) is 0 Å². The summed E-state index contributed by atoms with van der Waals surface area (Å²) in [5.41, 5.74) is 2.37. The lowest BCUT2D eigenvalue weighted by Gasteiger charge is -2.26. The van der Waals surface area contributed by atoms with E-state index in [2.05, 4.69) is 42.9 Å². The summed E-state index contributed by atoms with van der Waals surface area (Å²) in [4.78, 5) is 11.8. The normalized spacial score (nSPS) is 19.4. The van der Waals surface area contributed by atoms with Crippen LogP contribution in [0.25, 0.3) is 0 Å². The average molecular weight is 262 g/mol. The van der Waals surface area contributed by atoms with Gasteiger partial charge in [-0.3, -0.25) is 0 Å². The van der Waals surface area contributed by atoms with Crippen LogP contribution < -0.4 is 10.2 Å². The van der Waals surface area contributed by atoms with Gasteiger partial charge in [0.2, 0.25) is 0 Å². The molecule has 0 aromatic carbocycles. The van der Waals surface area contributed by atoms with E-state index in [-0.39, 0.29) is 0 Å². The van der Waals surface area contributed by atoms with Gasteiger partial charge in [0, 0.05) is 25.0 Å². The lowest BCUT2D eigenvalue weighted by molar-refractivity contribution is 0.670. The van der Waals surface area contributed by atoms with Gasteiger partial charge < -0.3 is 10.2 Å². The highest BCUT2D eigenvalue weighted by Crippen LogP contribution is 2.28. The molecule has 1 aromatic rings. The van der Waals surface area contributed by atoms with Crippen molar-refractivity contribution in [1.82, 2.24) is 15.3 Å². The van der Waals surface area contributed by atoms with Gasteiger partial charge in [-0.2, -0.15) is 0 Å². The van der Waals surface area contributed by atoms with Crippen molar-refractivity contribution in [2.24, 2.45) is 0 Å². The predicted molar refractivity (Wildman–Crippen MR) is 79.5 cm³/mol. The molecule has 1 saturated heterocycles. The fourth-order valence-electron chi connectivity index (χ4n) is 2.61. The maximum Gasteiger partial charge on any atom is 0.131 e. The molecule has 2 rings (SSSR count). The van der Waals surface area contributed by atoms with Gasteiger partial charge in [-0.15, -0.1) is 0 Å². The Kier molecular flexibility index (Phi) is 4.75. The number of rotatable bonds is 5. The van der Waals surface area contributed by atoms with Gasteiger partial charge in [0.15, 0.2) is 0 Å². The number of hydrogen-bond donors (Lipinski definition) is 1. The van der Waals surface area contributed by atoms with Gasteiger partial charge in [-0.1, -0.05) is 20.8 Å². The van der Waals surface area contributed by atoms with Gasteiger partial charge in [0.1, 0.15) is 5.82 Å². The Hall–Kier alpha value is -1.16. The van der Waals surface area contributed by atoms with E-state index in [0.29, 0.717) is 12.0 Å². The van der Waals surface area contributed by atoms with E-state index in [0.717, 1.165) is 31.2 Å². The molecule has 1 aromatic heterocycles. The molecule has 4 nitrogen and oxygen atoms in total. The molecule has 0 aliphatic carbocycles. The van der Waals surface area contributed by atoms with Crippen LogP contribution in [0.3, 0.4) is 0 Å². The van der Waals surface area contributed by atoms with Crippen molar-refractivity contribution in [1.29, 1.82) is 0 Å². The summed E-state index contributed by atoms with van der Waals surface area (Å²) < 4.78 is 0. The van der Waals surface area contributed by atoms with Crippen molar-refractivity contribution < 1.29 is 0 Å². The molecule has 2 heterocycles. The van der Waals surface area contributed by atoms with Gasteiger partial charge in [0.25, 0.3) is 0 Å². The first-order valence-corrected chi connectivity index (χ1v) is 7.46. The molecule has 0 saturated carbocycles. The van der Waals surface area contributed by atoms with Crippen LogP contribution in [0, 0.1) is 0 Å². The summed E-state index contributed by atoms with van der Waals surface area (Å²) in [5.74, 6) is 1.33. The maximum atomic E-state index is 4.77. The zero-order chi connectivity index (χ0) is 13.8. The number of aromatic nitrogens is 2. The van der Waals surface area contributed by atoms with Crippen LogP contribution in [-0.2, 0) is 6.54 Å². The second-order valence-electron chi connectivity index (χ2n) is 5.68. The lowest BCUT2D eigenvalue weighted by atomic mass is 10.2. The third-order valence-corrected chi connectivity index (χ3v) is 3.79. The summed E-state index contributed by atoms with van der Waals surface area (Å²) in [7, 11) is 0. The van der Waals surface area contributed by atoms with Crippen LogP contribution in [0.15, 0.2) is 6.20 Å². The van der Waals surface area contributed by atoms with E-state index in [1.807, 2.05) is 6.20 Å². The quantitative estimate of drug-likeness (QED) is 0.886. The smallest absolute Gasteiger partial charge is 0.131 e. The third kappa shape index (κ3) is 3.24. The highest BCUT2D eigenvalue weighted by atomic mass is 15.2. The minimum absolute atomic E-state index is 0.380. The summed E-state index contributed by atoms with van der Waals surface area (Å²) in [6.45, 7) is 11.6. The molecule has 1 unspecified atom stereocenters. The Bertz CT molecular complexity index is 417. The Morgan fingerprint density at radius 1 is 1.47 bits per heavy atom. The minimum Gasteiger partial charge on any atom is -0.366 e. The predicted octanol–water partition coefficient (Wildman–Crippen LogP) is 2.70. The molecule has 0 amide bonds. The van der Waals surface area contributed by atoms with Crippen molar-refractivity contribution >= 4 is 5.69 Å². The van der Waals surface area contributed by atoms with E-state index in [9.17, 15) is 0 Å². The molecule has 4 heteroatoms. The SMILES string of the molecule is CCNCc1nc(C(C)C)ncc1N1CCCC1C. The topological polar surface area (TPSA) is 41.1 Å². The van der Waals surface area contributed by atoms with Crippen molar-refractivity contribution in [3.63, 3.8) is 0 Å². The monoisotopic (exact) mass is 262 g/mol.